The molecule has 2 amide bonds. The van der Waals surface area contributed by atoms with Crippen LogP contribution in [0.25, 0.3) is 0 Å². The van der Waals surface area contributed by atoms with Crippen LogP contribution in [0.2, 0.25) is 0 Å². The zero-order valence-electron chi connectivity index (χ0n) is 26.1. The number of benzene rings is 1. The second-order valence-corrected chi connectivity index (χ2v) is 15.9. The first-order valence-corrected chi connectivity index (χ1v) is 17.0. The molecule has 1 aromatic carbocycles. The minimum absolute atomic E-state index is 0.0271. The SMILES string of the molecule is CC(C)C[C@H](O)[C@H](O)[C@H](CC1CCCCC1)NC(=O)[C@H](CC1CC1)NC(=O)C(CSC(C)(C)C)Cc1ccccc1. The van der Waals surface area contributed by atoms with E-state index in [2.05, 4.69) is 43.5 Å². The molecule has 0 aliphatic heterocycles. The molecule has 0 spiro atoms. The molecule has 7 heteroatoms. The lowest BCUT2D eigenvalue weighted by molar-refractivity contribution is -0.132. The monoisotopic (exact) mass is 588 g/mol. The van der Waals surface area contributed by atoms with Crippen LogP contribution in [0.15, 0.2) is 30.3 Å². The maximum Gasteiger partial charge on any atom is 0.242 e. The number of rotatable bonds is 16. The van der Waals surface area contributed by atoms with Gasteiger partial charge in [-0.25, -0.2) is 0 Å². The van der Waals surface area contributed by atoms with Gasteiger partial charge in [0.25, 0.3) is 0 Å². The Bertz CT molecular complexity index is 924. The summed E-state index contributed by atoms with van der Waals surface area (Å²) in [7, 11) is 0. The van der Waals surface area contributed by atoms with Crippen LogP contribution in [0.5, 0.6) is 0 Å². The van der Waals surface area contributed by atoms with Crippen LogP contribution in [0, 0.1) is 23.7 Å². The molecule has 1 unspecified atom stereocenters. The Kier molecular flexibility index (Phi) is 13.5. The first kappa shape index (κ1) is 33.9. The van der Waals surface area contributed by atoms with Gasteiger partial charge in [0.15, 0.2) is 0 Å². The summed E-state index contributed by atoms with van der Waals surface area (Å²) in [6.07, 6.45) is 8.36. The van der Waals surface area contributed by atoms with Crippen LogP contribution in [0.4, 0.5) is 0 Å². The predicted octanol–water partition coefficient (Wildman–Crippen LogP) is 5.89. The van der Waals surface area contributed by atoms with E-state index in [-0.39, 0.29) is 28.4 Å². The molecular weight excluding hydrogens is 532 g/mol. The first-order chi connectivity index (χ1) is 19.4. The largest absolute Gasteiger partial charge is 0.390 e. The lowest BCUT2D eigenvalue weighted by atomic mass is 9.82. The molecule has 5 atom stereocenters. The average molecular weight is 589 g/mol. The van der Waals surface area contributed by atoms with Gasteiger partial charge in [0.1, 0.15) is 12.1 Å². The van der Waals surface area contributed by atoms with Crippen LogP contribution in [-0.4, -0.2) is 56.8 Å². The van der Waals surface area contributed by atoms with E-state index in [1.807, 2.05) is 32.0 Å². The van der Waals surface area contributed by atoms with E-state index in [0.717, 1.165) is 31.2 Å². The van der Waals surface area contributed by atoms with Crippen LogP contribution in [0.1, 0.15) is 104 Å². The molecular formula is C34H56N2O4S. The minimum atomic E-state index is -1.03. The van der Waals surface area contributed by atoms with Crippen molar-refractivity contribution in [2.75, 3.05) is 5.75 Å². The summed E-state index contributed by atoms with van der Waals surface area (Å²) in [6, 6.07) is 8.90. The minimum Gasteiger partial charge on any atom is -0.390 e. The number of carbonyl (C=O) groups is 2. The summed E-state index contributed by atoms with van der Waals surface area (Å²) in [5, 5.41) is 28.3. The molecule has 0 radical (unpaired) electrons. The Morgan fingerprint density at radius 1 is 0.902 bits per heavy atom. The molecule has 232 valence electrons. The number of carbonyl (C=O) groups excluding carboxylic acids is 2. The molecule has 4 N–H and O–H groups in total. The second kappa shape index (κ2) is 16.3. The number of hydrogen-bond acceptors (Lipinski definition) is 5. The third-order valence-electron chi connectivity index (χ3n) is 8.47. The number of nitrogens with one attached hydrogen (secondary N) is 2. The Balaban J connectivity index is 1.74. The molecule has 2 aliphatic carbocycles. The summed E-state index contributed by atoms with van der Waals surface area (Å²) in [5.74, 6) is 1.20. The van der Waals surface area contributed by atoms with E-state index in [1.54, 1.807) is 11.8 Å². The Morgan fingerprint density at radius 3 is 2.12 bits per heavy atom. The van der Waals surface area contributed by atoms with Crippen LogP contribution in [0.3, 0.4) is 0 Å². The standard InChI is InChI=1S/C34H56N2O4S/c1-23(2)18-30(37)31(38)28(20-25-14-10-7-11-15-25)35-33(40)29(21-26-16-17-26)36-32(39)27(22-41-34(3,4)5)19-24-12-8-6-9-13-24/h6,8-9,12-13,23,25-31,37-38H,7,10-11,14-22H2,1-5H3,(H,35,40)(H,36,39)/t27?,28-,29-,30-,31+/m0/s1. The summed E-state index contributed by atoms with van der Waals surface area (Å²) < 4.78 is 0.0271. The van der Waals surface area contributed by atoms with Crippen LogP contribution >= 0.6 is 11.8 Å². The zero-order valence-corrected chi connectivity index (χ0v) is 26.9. The molecule has 0 aromatic heterocycles. The normalized spacial score (nSPS) is 20.2. The highest BCUT2D eigenvalue weighted by Crippen LogP contribution is 2.34. The molecule has 2 fully saturated rings. The van der Waals surface area contributed by atoms with E-state index in [0.29, 0.717) is 43.3 Å². The highest BCUT2D eigenvalue weighted by molar-refractivity contribution is 8.00. The van der Waals surface area contributed by atoms with E-state index >= 15 is 0 Å². The fourth-order valence-electron chi connectivity index (χ4n) is 5.92. The van der Waals surface area contributed by atoms with Crippen molar-refractivity contribution in [2.45, 2.75) is 134 Å². The zero-order chi connectivity index (χ0) is 30.0. The van der Waals surface area contributed by atoms with E-state index in [9.17, 15) is 19.8 Å². The van der Waals surface area contributed by atoms with Gasteiger partial charge in [0.05, 0.1) is 18.1 Å². The van der Waals surface area contributed by atoms with Crippen LogP contribution < -0.4 is 10.6 Å². The number of aliphatic hydroxyl groups excluding tert-OH is 2. The maximum absolute atomic E-state index is 13.8. The molecule has 0 heterocycles. The van der Waals surface area contributed by atoms with Crippen molar-refractivity contribution in [3.05, 3.63) is 35.9 Å². The highest BCUT2D eigenvalue weighted by Gasteiger charge is 2.36. The molecule has 3 rings (SSSR count). The van der Waals surface area contributed by atoms with E-state index in [4.69, 9.17) is 0 Å². The summed E-state index contributed by atoms with van der Waals surface area (Å²) >= 11 is 1.77. The number of amides is 2. The molecule has 6 nitrogen and oxygen atoms in total. The van der Waals surface area contributed by atoms with Gasteiger partial charge in [-0.15, -0.1) is 0 Å². The third kappa shape index (κ3) is 12.7. The quantitative estimate of drug-likeness (QED) is 0.193. The smallest absolute Gasteiger partial charge is 0.242 e. The van der Waals surface area contributed by atoms with Crippen molar-refractivity contribution < 1.29 is 19.8 Å². The van der Waals surface area contributed by atoms with Crippen molar-refractivity contribution in [2.24, 2.45) is 23.7 Å². The van der Waals surface area contributed by atoms with Gasteiger partial charge in [-0.3, -0.25) is 9.59 Å². The van der Waals surface area contributed by atoms with Gasteiger partial charge < -0.3 is 20.8 Å². The predicted molar refractivity (Wildman–Crippen MR) is 170 cm³/mol. The van der Waals surface area contributed by atoms with Crippen molar-refractivity contribution in [1.29, 1.82) is 0 Å². The first-order valence-electron chi connectivity index (χ1n) is 16.1. The summed E-state index contributed by atoms with van der Waals surface area (Å²) in [4.78, 5) is 27.6. The van der Waals surface area contributed by atoms with Crippen molar-refractivity contribution in [1.82, 2.24) is 10.6 Å². The fraction of sp³-hybridized carbons (Fsp3) is 0.765. The Hall–Kier alpha value is -1.57. The molecule has 0 saturated heterocycles. The molecule has 41 heavy (non-hydrogen) atoms. The van der Waals surface area contributed by atoms with Crippen molar-refractivity contribution in [3.63, 3.8) is 0 Å². The second-order valence-electron chi connectivity index (χ2n) is 14.1. The Labute approximate surface area is 253 Å². The van der Waals surface area contributed by atoms with E-state index in [1.165, 1.54) is 19.3 Å². The average Bonchev–Trinajstić information content (AvgIpc) is 3.74. The van der Waals surface area contributed by atoms with Crippen LogP contribution in [-0.2, 0) is 16.0 Å². The molecule has 0 bridgehead atoms. The van der Waals surface area contributed by atoms with Crippen molar-refractivity contribution in [3.8, 4) is 0 Å². The van der Waals surface area contributed by atoms with Gasteiger partial charge in [-0.1, -0.05) is 110 Å². The summed E-state index contributed by atoms with van der Waals surface area (Å²) in [5.41, 5.74) is 1.11. The van der Waals surface area contributed by atoms with Gasteiger partial charge in [-0.2, -0.15) is 11.8 Å². The topological polar surface area (TPSA) is 98.7 Å². The fourth-order valence-corrected chi connectivity index (χ4v) is 6.89. The maximum atomic E-state index is 13.8. The van der Waals surface area contributed by atoms with Crippen molar-refractivity contribution >= 4 is 23.6 Å². The number of aliphatic hydroxyl groups is 2. The highest BCUT2D eigenvalue weighted by atomic mass is 32.2. The number of hydrogen-bond donors (Lipinski definition) is 4. The van der Waals surface area contributed by atoms with Gasteiger partial charge >= 0.3 is 0 Å². The number of thioether (sulfide) groups is 1. The lowest BCUT2D eigenvalue weighted by Crippen LogP contribution is -2.56. The van der Waals surface area contributed by atoms with Gasteiger partial charge in [-0.05, 0) is 49.0 Å². The third-order valence-corrected chi connectivity index (χ3v) is 9.91. The molecule has 2 saturated carbocycles. The molecule has 2 aliphatic rings. The van der Waals surface area contributed by atoms with E-state index < -0.39 is 24.3 Å². The summed E-state index contributed by atoms with van der Waals surface area (Å²) in [6.45, 7) is 10.5. The Morgan fingerprint density at radius 2 is 1.54 bits per heavy atom. The van der Waals surface area contributed by atoms with Gasteiger partial charge in [0, 0.05) is 10.5 Å². The van der Waals surface area contributed by atoms with Gasteiger partial charge in [0.2, 0.25) is 11.8 Å². The molecule has 1 aromatic rings. The lowest BCUT2D eigenvalue weighted by Gasteiger charge is -2.34.